The van der Waals surface area contributed by atoms with Gasteiger partial charge in [-0.2, -0.15) is 0 Å². The van der Waals surface area contributed by atoms with E-state index >= 15 is 0 Å². The van der Waals surface area contributed by atoms with E-state index in [0.717, 1.165) is 24.9 Å². The van der Waals surface area contributed by atoms with Crippen LogP contribution < -0.4 is 10.6 Å². The Kier molecular flexibility index (Phi) is 6.52. The smallest absolute Gasteiger partial charge is 0.243 e. The first-order valence-electron chi connectivity index (χ1n) is 9.06. The fraction of sp³-hybridized carbons (Fsp3) is 0.400. The average molecular weight is 406 g/mol. The molecule has 2 amide bonds. The Labute approximate surface area is 168 Å². The van der Waals surface area contributed by atoms with E-state index in [2.05, 4.69) is 34.6 Å². The Morgan fingerprint density at radius 3 is 2.78 bits per heavy atom. The first-order chi connectivity index (χ1) is 12.9. The molecule has 0 radical (unpaired) electrons. The van der Waals surface area contributed by atoms with Gasteiger partial charge in [-0.15, -0.1) is 11.3 Å². The van der Waals surface area contributed by atoms with Gasteiger partial charge in [0.1, 0.15) is 0 Å². The summed E-state index contributed by atoms with van der Waals surface area (Å²) in [5.74, 6) is -0.395. The first-order valence-corrected chi connectivity index (χ1v) is 10.3. The van der Waals surface area contributed by atoms with Crippen LogP contribution in [0.15, 0.2) is 30.3 Å². The van der Waals surface area contributed by atoms with Crippen LogP contribution in [-0.2, 0) is 9.59 Å². The van der Waals surface area contributed by atoms with Crippen molar-refractivity contribution in [3.05, 3.63) is 50.7 Å². The molecule has 3 rings (SSSR count). The lowest BCUT2D eigenvalue weighted by Gasteiger charge is -2.22. The highest BCUT2D eigenvalue weighted by Crippen LogP contribution is 2.35. The third-order valence-corrected chi connectivity index (χ3v) is 6.30. The van der Waals surface area contributed by atoms with Gasteiger partial charge in [-0.1, -0.05) is 17.7 Å². The lowest BCUT2D eigenvalue weighted by Crippen LogP contribution is -2.40. The largest absolute Gasteiger partial charge is 0.346 e. The topological polar surface area (TPSA) is 61.4 Å². The summed E-state index contributed by atoms with van der Waals surface area (Å²) in [6.07, 6.45) is 2.16. The highest BCUT2D eigenvalue weighted by molar-refractivity contribution is 7.12. The minimum atomic E-state index is -0.263. The van der Waals surface area contributed by atoms with Crippen LogP contribution in [0, 0.1) is 13.8 Å². The van der Waals surface area contributed by atoms with Gasteiger partial charge in [0.2, 0.25) is 11.8 Å². The summed E-state index contributed by atoms with van der Waals surface area (Å²) in [7, 11) is 0. The molecule has 0 aliphatic carbocycles. The zero-order valence-electron chi connectivity index (χ0n) is 15.5. The van der Waals surface area contributed by atoms with E-state index in [-0.39, 0.29) is 18.4 Å². The molecule has 144 valence electrons. The summed E-state index contributed by atoms with van der Waals surface area (Å²) in [5, 5.41) is 6.10. The lowest BCUT2D eigenvalue weighted by atomic mass is 10.2. The number of likely N-dealkylation sites (tertiary alicyclic amines) is 1. The van der Waals surface area contributed by atoms with Crippen LogP contribution in [0.1, 0.15) is 34.2 Å². The SMILES string of the molecule is Cc1ccc(C2CCCN2CC(=O)NCC(=O)Nc2cccc(Cl)c2C)s1. The average Bonchev–Trinajstić information content (AvgIpc) is 3.26. The second kappa shape index (κ2) is 8.87. The van der Waals surface area contributed by atoms with Crippen LogP contribution in [0.25, 0.3) is 0 Å². The summed E-state index contributed by atoms with van der Waals surface area (Å²) in [6.45, 7) is 5.10. The van der Waals surface area contributed by atoms with Crippen LogP contribution in [0.5, 0.6) is 0 Å². The fourth-order valence-electron chi connectivity index (χ4n) is 3.33. The molecule has 0 bridgehead atoms. The van der Waals surface area contributed by atoms with Crippen molar-refractivity contribution < 1.29 is 9.59 Å². The molecule has 7 heteroatoms. The minimum absolute atomic E-state index is 0.0542. The maximum Gasteiger partial charge on any atom is 0.243 e. The summed E-state index contributed by atoms with van der Waals surface area (Å²) >= 11 is 7.85. The van der Waals surface area contributed by atoms with Gasteiger partial charge in [0, 0.05) is 26.5 Å². The Morgan fingerprint density at radius 2 is 2.04 bits per heavy atom. The van der Waals surface area contributed by atoms with Crippen molar-refractivity contribution in [2.24, 2.45) is 0 Å². The monoisotopic (exact) mass is 405 g/mol. The van der Waals surface area contributed by atoms with Crippen molar-refractivity contribution in [3.63, 3.8) is 0 Å². The quantitative estimate of drug-likeness (QED) is 0.765. The van der Waals surface area contributed by atoms with Crippen molar-refractivity contribution in [2.45, 2.75) is 32.7 Å². The van der Waals surface area contributed by atoms with E-state index in [1.165, 1.54) is 9.75 Å². The molecule has 1 aromatic carbocycles. The zero-order chi connectivity index (χ0) is 19.4. The molecule has 2 aromatic rings. The van der Waals surface area contributed by atoms with Crippen LogP contribution in [0.3, 0.4) is 0 Å². The molecule has 0 spiro atoms. The lowest BCUT2D eigenvalue weighted by molar-refractivity contribution is -0.125. The van der Waals surface area contributed by atoms with Crippen molar-refractivity contribution in [2.75, 3.05) is 25.0 Å². The summed E-state index contributed by atoms with van der Waals surface area (Å²) < 4.78 is 0. The van der Waals surface area contributed by atoms with Crippen molar-refractivity contribution in [1.82, 2.24) is 10.2 Å². The number of rotatable bonds is 6. The maximum absolute atomic E-state index is 12.3. The molecule has 1 aromatic heterocycles. The number of amides is 2. The number of hydrogen-bond donors (Lipinski definition) is 2. The van der Waals surface area contributed by atoms with Gasteiger partial charge >= 0.3 is 0 Å². The van der Waals surface area contributed by atoms with Gasteiger partial charge < -0.3 is 10.6 Å². The van der Waals surface area contributed by atoms with Gasteiger partial charge in [0.25, 0.3) is 0 Å². The fourth-order valence-corrected chi connectivity index (χ4v) is 4.55. The number of carbonyl (C=O) groups excluding carboxylic acids is 2. The van der Waals surface area contributed by atoms with E-state index in [1.54, 1.807) is 29.5 Å². The van der Waals surface area contributed by atoms with E-state index in [9.17, 15) is 9.59 Å². The number of halogens is 1. The number of aryl methyl sites for hydroxylation is 1. The molecule has 1 aliphatic heterocycles. The van der Waals surface area contributed by atoms with Gasteiger partial charge in [0.15, 0.2) is 0 Å². The van der Waals surface area contributed by atoms with Gasteiger partial charge in [-0.25, -0.2) is 0 Å². The third-order valence-electron chi connectivity index (χ3n) is 4.79. The Balaban J connectivity index is 1.49. The predicted molar refractivity (Wildman–Crippen MR) is 110 cm³/mol. The second-order valence-corrected chi connectivity index (χ2v) is 8.54. The number of nitrogens with one attached hydrogen (secondary N) is 2. The number of benzene rings is 1. The number of thiophene rings is 1. The Morgan fingerprint density at radius 1 is 1.22 bits per heavy atom. The molecule has 1 aliphatic rings. The number of hydrogen-bond acceptors (Lipinski definition) is 4. The molecule has 2 heterocycles. The van der Waals surface area contributed by atoms with Crippen molar-refractivity contribution in [3.8, 4) is 0 Å². The van der Waals surface area contributed by atoms with Gasteiger partial charge in [0.05, 0.1) is 13.1 Å². The van der Waals surface area contributed by atoms with Gasteiger partial charge in [-0.3, -0.25) is 14.5 Å². The normalized spacial score (nSPS) is 17.1. The molecule has 1 fully saturated rings. The number of nitrogens with zero attached hydrogens (tertiary/aromatic N) is 1. The van der Waals surface area contributed by atoms with E-state index in [0.29, 0.717) is 23.3 Å². The zero-order valence-corrected chi connectivity index (χ0v) is 17.1. The molecule has 5 nitrogen and oxygen atoms in total. The third kappa shape index (κ3) is 5.09. The Bertz CT molecular complexity index is 836. The van der Waals surface area contributed by atoms with Crippen LogP contribution >= 0.6 is 22.9 Å². The minimum Gasteiger partial charge on any atom is -0.346 e. The number of carbonyl (C=O) groups is 2. The number of anilines is 1. The van der Waals surface area contributed by atoms with Crippen molar-refractivity contribution >= 4 is 40.4 Å². The van der Waals surface area contributed by atoms with Crippen LogP contribution in [-0.4, -0.2) is 36.3 Å². The highest BCUT2D eigenvalue weighted by Gasteiger charge is 2.28. The van der Waals surface area contributed by atoms with E-state index in [1.807, 2.05) is 6.92 Å². The second-order valence-electron chi connectivity index (χ2n) is 6.81. The van der Waals surface area contributed by atoms with Crippen molar-refractivity contribution in [1.29, 1.82) is 0 Å². The highest BCUT2D eigenvalue weighted by atomic mass is 35.5. The van der Waals surface area contributed by atoms with Crippen LogP contribution in [0.4, 0.5) is 5.69 Å². The van der Waals surface area contributed by atoms with E-state index < -0.39 is 0 Å². The molecule has 1 saturated heterocycles. The summed E-state index contributed by atoms with van der Waals surface area (Å²) in [5.41, 5.74) is 1.47. The first kappa shape index (κ1) is 19.9. The molecule has 27 heavy (non-hydrogen) atoms. The predicted octanol–water partition coefficient (Wildman–Crippen LogP) is 3.91. The summed E-state index contributed by atoms with van der Waals surface area (Å²) in [4.78, 5) is 29.2. The molecular weight excluding hydrogens is 382 g/mol. The standard InChI is InChI=1S/C20H24ClN3O2S/c1-13-8-9-18(27-13)17-7-4-10-24(17)12-20(26)22-11-19(25)23-16-6-3-5-15(21)14(16)2/h3,5-6,8-9,17H,4,7,10-12H2,1-2H3,(H,22,26)(H,23,25). The van der Waals surface area contributed by atoms with Crippen LogP contribution in [0.2, 0.25) is 5.02 Å². The van der Waals surface area contributed by atoms with E-state index in [4.69, 9.17) is 11.6 Å². The summed E-state index contributed by atoms with van der Waals surface area (Å²) in [6, 6.07) is 9.93. The maximum atomic E-state index is 12.3. The molecule has 1 atom stereocenters. The molecule has 0 saturated carbocycles. The van der Waals surface area contributed by atoms with Gasteiger partial charge in [-0.05, 0) is 63.1 Å². The molecule has 2 N–H and O–H groups in total. The molecular formula is C20H24ClN3O2S. The molecule has 1 unspecified atom stereocenters. The Hall–Kier alpha value is -1.89.